The first-order valence-corrected chi connectivity index (χ1v) is 7.67. The van der Waals surface area contributed by atoms with Gasteiger partial charge in [0.2, 0.25) is 10.0 Å². The topological polar surface area (TPSA) is 112 Å². The summed E-state index contributed by atoms with van der Waals surface area (Å²) in [6.07, 6.45) is 0. The third-order valence-electron chi connectivity index (χ3n) is 2.61. The zero-order valence-corrected chi connectivity index (χ0v) is 12.8. The number of nitrogens with one attached hydrogen (secondary N) is 1. The number of ether oxygens (including phenoxy) is 1. The van der Waals surface area contributed by atoms with Crippen molar-refractivity contribution >= 4 is 15.9 Å². The summed E-state index contributed by atoms with van der Waals surface area (Å²) in [4.78, 5) is 11.7. The van der Waals surface area contributed by atoms with Crippen molar-refractivity contribution in [2.24, 2.45) is 5.14 Å². The van der Waals surface area contributed by atoms with Crippen molar-refractivity contribution in [3.63, 3.8) is 0 Å². The van der Waals surface area contributed by atoms with E-state index in [0.29, 0.717) is 6.61 Å². The summed E-state index contributed by atoms with van der Waals surface area (Å²) in [6.45, 7) is 7.75. The predicted octanol–water partition coefficient (Wildman–Crippen LogP) is 0.780. The molecule has 0 saturated heterocycles. The second-order valence-corrected chi connectivity index (χ2v) is 6.48. The number of sulfonamides is 1. The molecule has 1 amide bonds. The molecule has 114 valence electrons. The minimum Gasteiger partial charge on any atom is -0.455 e. The summed E-state index contributed by atoms with van der Waals surface area (Å²) >= 11 is 0. The molecule has 1 heterocycles. The summed E-state index contributed by atoms with van der Waals surface area (Å²) in [5, 5.41) is 7.64. The highest BCUT2D eigenvalue weighted by atomic mass is 32.2. The van der Waals surface area contributed by atoms with Crippen LogP contribution in [0.2, 0.25) is 0 Å². The van der Waals surface area contributed by atoms with Crippen molar-refractivity contribution in [1.29, 1.82) is 0 Å². The Bertz CT molecular complexity index is 589. The molecule has 20 heavy (non-hydrogen) atoms. The first kappa shape index (κ1) is 16.7. The van der Waals surface area contributed by atoms with Gasteiger partial charge < -0.3 is 14.5 Å². The molecule has 3 N–H and O–H groups in total. The minimum absolute atomic E-state index is 0.0849. The van der Waals surface area contributed by atoms with E-state index in [1.54, 1.807) is 0 Å². The summed E-state index contributed by atoms with van der Waals surface area (Å²) in [5.41, 5.74) is -0.519. The van der Waals surface area contributed by atoms with Gasteiger partial charge in [0.1, 0.15) is 10.7 Å². The lowest BCUT2D eigenvalue weighted by Crippen LogP contribution is -2.40. The number of nitrogens with two attached hydrogens (primary N) is 1. The number of primary sulfonamides is 1. The zero-order valence-electron chi connectivity index (χ0n) is 12.0. The number of carbonyl (C=O) groups is 1. The lowest BCUT2D eigenvalue weighted by molar-refractivity contribution is -0.00831. The smallest absolute Gasteiger partial charge is 0.287 e. The lowest BCUT2D eigenvalue weighted by Gasteiger charge is -2.24. The van der Waals surface area contributed by atoms with E-state index < -0.39 is 21.5 Å². The quantitative estimate of drug-likeness (QED) is 0.806. The maximum atomic E-state index is 11.9. The van der Waals surface area contributed by atoms with E-state index in [-0.39, 0.29) is 23.0 Å². The Labute approximate surface area is 118 Å². The van der Waals surface area contributed by atoms with Crippen LogP contribution >= 0.6 is 0 Å². The van der Waals surface area contributed by atoms with E-state index in [9.17, 15) is 13.2 Å². The van der Waals surface area contributed by atoms with Crippen LogP contribution in [0.1, 0.15) is 37.1 Å². The van der Waals surface area contributed by atoms with Crippen LogP contribution in [-0.2, 0) is 14.8 Å². The number of aryl methyl sites for hydroxylation is 1. The molecule has 0 atom stereocenters. The maximum absolute atomic E-state index is 11.9. The van der Waals surface area contributed by atoms with Crippen LogP contribution in [-0.4, -0.2) is 33.1 Å². The van der Waals surface area contributed by atoms with Crippen molar-refractivity contribution in [3.05, 3.63) is 17.6 Å². The number of amides is 1. The van der Waals surface area contributed by atoms with Crippen LogP contribution in [0.5, 0.6) is 0 Å². The van der Waals surface area contributed by atoms with Gasteiger partial charge in [0, 0.05) is 19.2 Å². The molecule has 1 aromatic rings. The fraction of sp³-hybridized carbons (Fsp3) is 0.583. The predicted molar refractivity (Wildman–Crippen MR) is 72.9 cm³/mol. The van der Waals surface area contributed by atoms with Gasteiger partial charge in [-0.15, -0.1) is 0 Å². The molecule has 0 spiro atoms. The Hall–Kier alpha value is -1.38. The van der Waals surface area contributed by atoms with Crippen LogP contribution in [0.3, 0.4) is 0 Å². The number of furan rings is 1. The van der Waals surface area contributed by atoms with Gasteiger partial charge in [-0.2, -0.15) is 0 Å². The Morgan fingerprint density at radius 1 is 1.50 bits per heavy atom. The van der Waals surface area contributed by atoms with E-state index >= 15 is 0 Å². The molecule has 7 nitrogen and oxygen atoms in total. The van der Waals surface area contributed by atoms with Gasteiger partial charge in [-0.25, -0.2) is 13.6 Å². The first-order valence-electron chi connectivity index (χ1n) is 6.12. The van der Waals surface area contributed by atoms with Gasteiger partial charge in [0.25, 0.3) is 5.91 Å². The van der Waals surface area contributed by atoms with Gasteiger partial charge in [0.15, 0.2) is 5.76 Å². The highest BCUT2D eigenvalue weighted by Crippen LogP contribution is 2.18. The van der Waals surface area contributed by atoms with Crippen LogP contribution in [0.4, 0.5) is 0 Å². The second kappa shape index (κ2) is 5.94. The summed E-state index contributed by atoms with van der Waals surface area (Å²) in [5.74, 6) is -0.531. The van der Waals surface area contributed by atoms with Crippen molar-refractivity contribution in [2.45, 2.75) is 38.2 Å². The number of rotatable bonds is 6. The van der Waals surface area contributed by atoms with Crippen LogP contribution in [0.25, 0.3) is 0 Å². The number of hydrogen-bond donors (Lipinski definition) is 2. The third-order valence-corrected chi connectivity index (χ3v) is 3.63. The van der Waals surface area contributed by atoms with Crippen molar-refractivity contribution < 1.29 is 22.4 Å². The maximum Gasteiger partial charge on any atom is 0.287 e. The monoisotopic (exact) mass is 304 g/mol. The normalized spacial score (nSPS) is 12.4. The van der Waals surface area contributed by atoms with Crippen LogP contribution in [0.15, 0.2) is 15.4 Å². The molecule has 0 radical (unpaired) electrons. The molecule has 8 heteroatoms. The molecule has 1 aromatic heterocycles. The van der Waals surface area contributed by atoms with E-state index in [0.717, 1.165) is 6.07 Å². The SMILES string of the molecule is CCOC(C)(C)CNC(=O)c1cc(S(N)(=O)=O)c(C)o1. The molecule has 0 bridgehead atoms. The summed E-state index contributed by atoms with van der Waals surface area (Å²) in [7, 11) is -3.90. The summed E-state index contributed by atoms with van der Waals surface area (Å²) < 4.78 is 33.1. The van der Waals surface area contributed by atoms with Gasteiger partial charge in [-0.05, 0) is 27.7 Å². The second-order valence-electron chi connectivity index (χ2n) is 4.95. The van der Waals surface area contributed by atoms with Gasteiger partial charge in [-0.1, -0.05) is 0 Å². The molecular weight excluding hydrogens is 284 g/mol. The van der Waals surface area contributed by atoms with Gasteiger partial charge in [0.05, 0.1) is 5.60 Å². The van der Waals surface area contributed by atoms with Crippen LogP contribution < -0.4 is 10.5 Å². The van der Waals surface area contributed by atoms with Crippen molar-refractivity contribution in [2.75, 3.05) is 13.2 Å². The molecule has 0 saturated carbocycles. The molecule has 0 aromatic carbocycles. The Kier molecular flexibility index (Phi) is 4.95. The number of carbonyl (C=O) groups excluding carboxylic acids is 1. The largest absolute Gasteiger partial charge is 0.455 e. The Balaban J connectivity index is 2.80. The molecule has 0 aliphatic carbocycles. The third kappa shape index (κ3) is 4.32. The van der Waals surface area contributed by atoms with Gasteiger partial charge in [-0.3, -0.25) is 4.79 Å². The highest BCUT2D eigenvalue weighted by Gasteiger charge is 2.23. The molecule has 0 aliphatic heterocycles. The highest BCUT2D eigenvalue weighted by molar-refractivity contribution is 7.89. The first-order chi connectivity index (χ1) is 9.07. The van der Waals surface area contributed by atoms with Crippen molar-refractivity contribution in [1.82, 2.24) is 5.32 Å². The fourth-order valence-electron chi connectivity index (χ4n) is 1.68. The molecule has 1 rings (SSSR count). The average molecular weight is 304 g/mol. The van der Waals surface area contributed by atoms with E-state index in [2.05, 4.69) is 5.32 Å². The standard InChI is InChI=1S/C12H20N2O5S/c1-5-18-12(3,4)7-14-11(15)9-6-10(8(2)19-9)20(13,16)17/h6H,5,7H2,1-4H3,(H,14,15)(H2,13,16,17). The molecule has 0 aliphatic rings. The molecular formula is C12H20N2O5S. The van der Waals surface area contributed by atoms with E-state index in [1.165, 1.54) is 6.92 Å². The molecule has 0 fully saturated rings. The van der Waals surface area contributed by atoms with Gasteiger partial charge >= 0.3 is 0 Å². The number of hydrogen-bond acceptors (Lipinski definition) is 5. The zero-order chi connectivity index (χ0) is 15.6. The summed E-state index contributed by atoms with van der Waals surface area (Å²) in [6, 6.07) is 1.12. The Morgan fingerprint density at radius 2 is 2.10 bits per heavy atom. The molecule has 0 unspecified atom stereocenters. The van der Waals surface area contributed by atoms with Crippen LogP contribution in [0, 0.1) is 6.92 Å². The van der Waals surface area contributed by atoms with E-state index in [4.69, 9.17) is 14.3 Å². The van der Waals surface area contributed by atoms with Crippen molar-refractivity contribution in [3.8, 4) is 0 Å². The van der Waals surface area contributed by atoms with E-state index in [1.807, 2.05) is 20.8 Å². The average Bonchev–Trinajstić information content (AvgIpc) is 2.68. The Morgan fingerprint density at radius 3 is 2.55 bits per heavy atom. The lowest BCUT2D eigenvalue weighted by atomic mass is 10.1. The minimum atomic E-state index is -3.90. The fourth-order valence-corrected chi connectivity index (χ4v) is 2.40.